The number of anilines is 2. The molecule has 0 amide bonds. The SMILES string of the molecule is O=S(=O)(O)CCCOC1CSC(=C2c3ccccc3N(Cc3ccccc3)c3ccccc32)SC1. The smallest absolute Gasteiger partial charge is 0.264 e. The van der Waals surface area contributed by atoms with E-state index in [4.69, 9.17) is 9.29 Å². The van der Waals surface area contributed by atoms with E-state index in [1.165, 1.54) is 37.9 Å². The van der Waals surface area contributed by atoms with Crippen LogP contribution in [0, 0.1) is 0 Å². The Morgan fingerprint density at radius 3 is 2.03 bits per heavy atom. The van der Waals surface area contributed by atoms with Crippen molar-refractivity contribution in [1.82, 2.24) is 0 Å². The summed E-state index contributed by atoms with van der Waals surface area (Å²) in [5, 5.41) is 0. The number of thioether (sulfide) groups is 2. The summed E-state index contributed by atoms with van der Waals surface area (Å²) in [6.07, 6.45) is 0.357. The lowest BCUT2D eigenvalue weighted by molar-refractivity contribution is 0.0856. The highest BCUT2D eigenvalue weighted by molar-refractivity contribution is 8.23. The van der Waals surface area contributed by atoms with Crippen LogP contribution in [0.15, 0.2) is 83.1 Å². The standard InChI is InChI=1S/C27H27NO4S3/c29-35(30,31)16-8-15-32-21-18-33-27(34-19-21)26-22-11-4-6-13-24(22)28(17-20-9-2-1-3-10-20)25-14-7-5-12-23(25)26/h1-7,9-14,21H,8,15-19H2,(H,29,30,31). The van der Waals surface area contributed by atoms with E-state index in [1.807, 2.05) is 6.07 Å². The van der Waals surface area contributed by atoms with Crippen molar-refractivity contribution in [3.05, 3.63) is 99.8 Å². The Morgan fingerprint density at radius 1 is 0.857 bits per heavy atom. The van der Waals surface area contributed by atoms with Crippen LogP contribution in [0.25, 0.3) is 5.57 Å². The second-order valence-corrected chi connectivity index (χ2v) is 12.4. The van der Waals surface area contributed by atoms with Crippen LogP contribution in [0.5, 0.6) is 0 Å². The van der Waals surface area contributed by atoms with Crippen molar-refractivity contribution < 1.29 is 17.7 Å². The lowest BCUT2D eigenvalue weighted by Gasteiger charge is -2.36. The van der Waals surface area contributed by atoms with Crippen molar-refractivity contribution in [2.24, 2.45) is 0 Å². The maximum atomic E-state index is 10.9. The van der Waals surface area contributed by atoms with E-state index >= 15 is 0 Å². The molecule has 1 saturated heterocycles. The summed E-state index contributed by atoms with van der Waals surface area (Å²) in [5.41, 5.74) is 7.45. The Bertz CT molecular complexity index is 1270. The van der Waals surface area contributed by atoms with Gasteiger partial charge in [-0.1, -0.05) is 66.7 Å². The minimum Gasteiger partial charge on any atom is -0.376 e. The van der Waals surface area contributed by atoms with Gasteiger partial charge in [0, 0.05) is 57.0 Å². The van der Waals surface area contributed by atoms with E-state index < -0.39 is 10.1 Å². The highest BCUT2D eigenvalue weighted by Crippen LogP contribution is 2.51. The molecule has 2 aliphatic rings. The predicted octanol–water partition coefficient (Wildman–Crippen LogP) is 6.20. The molecule has 3 aromatic rings. The fourth-order valence-electron chi connectivity index (χ4n) is 4.43. The van der Waals surface area contributed by atoms with Gasteiger partial charge in [0.15, 0.2) is 0 Å². The van der Waals surface area contributed by atoms with Gasteiger partial charge >= 0.3 is 0 Å². The monoisotopic (exact) mass is 525 g/mol. The molecule has 1 fully saturated rings. The second kappa shape index (κ2) is 10.8. The zero-order chi connectivity index (χ0) is 24.3. The summed E-state index contributed by atoms with van der Waals surface area (Å²) in [7, 11) is -3.93. The zero-order valence-corrected chi connectivity index (χ0v) is 21.6. The first-order valence-corrected chi connectivity index (χ1v) is 15.1. The van der Waals surface area contributed by atoms with Crippen molar-refractivity contribution in [3.63, 3.8) is 0 Å². The van der Waals surface area contributed by atoms with Crippen molar-refractivity contribution in [2.45, 2.75) is 19.1 Å². The molecule has 0 bridgehead atoms. The fourth-order valence-corrected chi connectivity index (χ4v) is 7.64. The number of hydrogen-bond donors (Lipinski definition) is 1. The molecule has 35 heavy (non-hydrogen) atoms. The van der Waals surface area contributed by atoms with Gasteiger partial charge in [-0.25, -0.2) is 0 Å². The fraction of sp³-hybridized carbons (Fsp3) is 0.259. The molecule has 0 spiro atoms. The van der Waals surface area contributed by atoms with Crippen LogP contribution in [0.3, 0.4) is 0 Å². The molecule has 182 valence electrons. The second-order valence-electron chi connectivity index (χ2n) is 8.52. The van der Waals surface area contributed by atoms with Crippen LogP contribution in [-0.4, -0.2) is 42.9 Å². The van der Waals surface area contributed by atoms with Crippen LogP contribution in [0.1, 0.15) is 23.1 Å². The average Bonchev–Trinajstić information content (AvgIpc) is 2.87. The van der Waals surface area contributed by atoms with Crippen LogP contribution in [0.2, 0.25) is 0 Å². The first-order valence-electron chi connectivity index (χ1n) is 11.6. The Hall–Kier alpha value is -2.23. The van der Waals surface area contributed by atoms with Gasteiger partial charge < -0.3 is 9.64 Å². The summed E-state index contributed by atoms with van der Waals surface area (Å²) in [6, 6.07) is 27.8. The number of ether oxygens (including phenoxy) is 1. The van der Waals surface area contributed by atoms with Gasteiger partial charge in [-0.2, -0.15) is 8.42 Å². The number of nitrogens with zero attached hydrogens (tertiary/aromatic N) is 1. The first kappa shape index (κ1) is 24.5. The Labute approximate surface area is 215 Å². The van der Waals surface area contributed by atoms with Crippen LogP contribution in [-0.2, 0) is 21.4 Å². The molecule has 0 saturated carbocycles. The lowest BCUT2D eigenvalue weighted by atomic mass is 9.91. The van der Waals surface area contributed by atoms with E-state index in [2.05, 4.69) is 77.7 Å². The van der Waals surface area contributed by atoms with Crippen LogP contribution in [0.4, 0.5) is 11.4 Å². The molecular formula is C27H27NO4S3. The van der Waals surface area contributed by atoms with Gasteiger partial charge in [0.1, 0.15) is 0 Å². The average molecular weight is 526 g/mol. The van der Waals surface area contributed by atoms with E-state index in [1.54, 1.807) is 23.5 Å². The molecule has 0 atom stereocenters. The highest BCUT2D eigenvalue weighted by Gasteiger charge is 2.30. The molecule has 0 radical (unpaired) electrons. The van der Waals surface area contributed by atoms with Gasteiger partial charge in [-0.3, -0.25) is 4.55 Å². The van der Waals surface area contributed by atoms with E-state index in [0.29, 0.717) is 13.0 Å². The quantitative estimate of drug-likeness (QED) is 0.291. The Balaban J connectivity index is 1.40. The van der Waals surface area contributed by atoms with Crippen molar-refractivity contribution in [2.75, 3.05) is 28.8 Å². The van der Waals surface area contributed by atoms with Gasteiger partial charge in [0.25, 0.3) is 10.1 Å². The zero-order valence-electron chi connectivity index (χ0n) is 19.2. The van der Waals surface area contributed by atoms with Crippen LogP contribution >= 0.6 is 23.5 Å². The molecule has 8 heteroatoms. The lowest BCUT2D eigenvalue weighted by Crippen LogP contribution is -2.25. The molecule has 0 aliphatic carbocycles. The molecule has 0 aromatic heterocycles. The minimum atomic E-state index is -3.93. The Morgan fingerprint density at radius 2 is 1.43 bits per heavy atom. The third-order valence-corrected chi connectivity index (χ3v) is 9.54. The van der Waals surface area contributed by atoms with Gasteiger partial charge in [0.05, 0.1) is 11.9 Å². The van der Waals surface area contributed by atoms with Crippen molar-refractivity contribution in [3.8, 4) is 0 Å². The summed E-state index contributed by atoms with van der Waals surface area (Å²) in [6.45, 7) is 1.13. The summed E-state index contributed by atoms with van der Waals surface area (Å²) < 4.78 is 37.9. The Kier molecular flexibility index (Phi) is 7.55. The molecule has 0 unspecified atom stereocenters. The van der Waals surface area contributed by atoms with E-state index in [-0.39, 0.29) is 11.9 Å². The number of benzene rings is 3. The van der Waals surface area contributed by atoms with E-state index in [9.17, 15) is 8.42 Å². The van der Waals surface area contributed by atoms with Gasteiger partial charge in [-0.05, 0) is 24.1 Å². The minimum absolute atomic E-state index is 0.0550. The third-order valence-electron chi connectivity index (χ3n) is 6.02. The normalized spacial score (nSPS) is 17.7. The highest BCUT2D eigenvalue weighted by atomic mass is 32.2. The maximum Gasteiger partial charge on any atom is 0.264 e. The number of para-hydroxylation sites is 2. The number of fused-ring (bicyclic) bond motifs is 2. The van der Waals surface area contributed by atoms with Gasteiger partial charge in [-0.15, -0.1) is 23.5 Å². The first-order chi connectivity index (χ1) is 17.0. The topological polar surface area (TPSA) is 66.8 Å². The van der Waals surface area contributed by atoms with Crippen LogP contribution < -0.4 is 4.90 Å². The number of hydrogen-bond acceptors (Lipinski definition) is 6. The van der Waals surface area contributed by atoms with E-state index in [0.717, 1.165) is 18.1 Å². The predicted molar refractivity (Wildman–Crippen MR) is 147 cm³/mol. The molecule has 5 nitrogen and oxygen atoms in total. The molecule has 5 rings (SSSR count). The summed E-state index contributed by atoms with van der Waals surface area (Å²) in [5.74, 6) is 1.37. The largest absolute Gasteiger partial charge is 0.376 e. The summed E-state index contributed by atoms with van der Waals surface area (Å²) in [4.78, 5) is 2.41. The summed E-state index contributed by atoms with van der Waals surface area (Å²) >= 11 is 3.61. The molecule has 1 N–H and O–H groups in total. The number of rotatable bonds is 7. The molecule has 2 heterocycles. The molecule has 3 aromatic carbocycles. The maximum absolute atomic E-state index is 10.9. The molecule has 2 aliphatic heterocycles. The van der Waals surface area contributed by atoms with Crippen molar-refractivity contribution >= 4 is 50.6 Å². The van der Waals surface area contributed by atoms with Crippen molar-refractivity contribution in [1.29, 1.82) is 0 Å². The third kappa shape index (κ3) is 5.78. The molecular weight excluding hydrogens is 499 g/mol. The van der Waals surface area contributed by atoms with Gasteiger partial charge in [0.2, 0.25) is 0 Å².